The molecule has 0 aliphatic heterocycles. The Morgan fingerprint density at radius 3 is 3.11 bits per heavy atom. The number of halogens is 1. The highest BCUT2D eigenvalue weighted by atomic mass is 79.9. The molecule has 9 heavy (non-hydrogen) atoms. The predicted octanol–water partition coefficient (Wildman–Crippen LogP) is 3.16. The van der Waals surface area contributed by atoms with Crippen LogP contribution < -0.4 is 0 Å². The molecule has 0 saturated heterocycles. The summed E-state index contributed by atoms with van der Waals surface area (Å²) in [7, 11) is 0. The van der Waals surface area contributed by atoms with Crippen LogP contribution in [0.1, 0.15) is 4.88 Å². The molecule has 0 bridgehead atoms. The molecule has 0 aliphatic carbocycles. The number of rotatable bonds is 2. The third-order valence-corrected chi connectivity index (χ3v) is 2.13. The van der Waals surface area contributed by atoms with E-state index in [-0.39, 0.29) is 0 Å². The number of hydrogen-bond acceptors (Lipinski definition) is 1. The Morgan fingerprint density at radius 1 is 1.67 bits per heavy atom. The molecule has 0 fully saturated rings. The van der Waals surface area contributed by atoms with Crippen molar-refractivity contribution in [3.05, 3.63) is 28.5 Å². The predicted molar refractivity (Wildman–Crippen MR) is 47.1 cm³/mol. The third kappa shape index (κ3) is 2.33. The highest BCUT2D eigenvalue weighted by Gasteiger charge is 1.81. The van der Waals surface area contributed by atoms with Gasteiger partial charge in [-0.1, -0.05) is 28.1 Å². The second-order valence-electron chi connectivity index (χ2n) is 1.57. The lowest BCUT2D eigenvalue weighted by atomic mass is 10.4. The molecule has 0 radical (unpaired) electrons. The van der Waals surface area contributed by atoms with Crippen LogP contribution in [-0.4, -0.2) is 5.33 Å². The Balaban J connectivity index is 2.57. The average molecular weight is 203 g/mol. The van der Waals surface area contributed by atoms with Crippen LogP contribution >= 0.6 is 27.3 Å². The van der Waals surface area contributed by atoms with Crippen molar-refractivity contribution in [2.45, 2.75) is 0 Å². The van der Waals surface area contributed by atoms with Crippen molar-refractivity contribution in [1.82, 2.24) is 0 Å². The van der Waals surface area contributed by atoms with Gasteiger partial charge in [-0.3, -0.25) is 0 Å². The van der Waals surface area contributed by atoms with Gasteiger partial charge in [0.15, 0.2) is 0 Å². The summed E-state index contributed by atoms with van der Waals surface area (Å²) >= 11 is 5.07. The zero-order chi connectivity index (χ0) is 6.53. The van der Waals surface area contributed by atoms with Crippen molar-refractivity contribution < 1.29 is 0 Å². The van der Waals surface area contributed by atoms with E-state index in [1.165, 1.54) is 4.88 Å². The summed E-state index contributed by atoms with van der Waals surface area (Å²) in [5.41, 5.74) is 0. The molecule has 1 aromatic rings. The summed E-state index contributed by atoms with van der Waals surface area (Å²) in [6.07, 6.45) is 4.20. The highest BCUT2D eigenvalue weighted by Crippen LogP contribution is 2.09. The summed E-state index contributed by atoms with van der Waals surface area (Å²) in [5, 5.41) is 3.01. The Bertz CT molecular complexity index is 177. The molecular formula is C7H7BrS. The van der Waals surface area contributed by atoms with Crippen molar-refractivity contribution in [3.8, 4) is 0 Å². The first-order valence-corrected chi connectivity index (χ1v) is 4.69. The van der Waals surface area contributed by atoms with Crippen LogP contribution in [0.15, 0.2) is 23.6 Å². The normalized spacial score (nSPS) is 10.8. The van der Waals surface area contributed by atoms with Gasteiger partial charge in [0.1, 0.15) is 0 Å². The minimum Gasteiger partial charge on any atom is -0.144 e. The molecule has 0 N–H and O–H groups in total. The van der Waals surface area contributed by atoms with Crippen LogP contribution in [-0.2, 0) is 0 Å². The van der Waals surface area contributed by atoms with Gasteiger partial charge >= 0.3 is 0 Å². The summed E-state index contributed by atoms with van der Waals surface area (Å²) in [6, 6.07) is 4.16. The van der Waals surface area contributed by atoms with Crippen molar-refractivity contribution >= 4 is 33.3 Å². The molecule has 1 rings (SSSR count). The van der Waals surface area contributed by atoms with E-state index < -0.39 is 0 Å². The van der Waals surface area contributed by atoms with Gasteiger partial charge in [0.05, 0.1) is 0 Å². The van der Waals surface area contributed by atoms with Gasteiger partial charge in [0, 0.05) is 10.2 Å². The Hall–Kier alpha value is -0.0800. The van der Waals surface area contributed by atoms with Crippen molar-refractivity contribution in [3.63, 3.8) is 0 Å². The molecule has 1 heterocycles. The second kappa shape index (κ2) is 3.85. The lowest BCUT2D eigenvalue weighted by Gasteiger charge is -1.78. The molecule has 0 aliphatic rings. The van der Waals surface area contributed by atoms with Crippen LogP contribution in [0.2, 0.25) is 0 Å². The fourth-order valence-electron chi connectivity index (χ4n) is 0.547. The van der Waals surface area contributed by atoms with Gasteiger partial charge in [-0.05, 0) is 17.5 Å². The standard InChI is InChI=1S/C7H7BrS/c8-5-1-3-7-4-2-6-9-7/h1-4,6H,5H2. The molecule has 0 amide bonds. The van der Waals surface area contributed by atoms with Crippen LogP contribution in [0, 0.1) is 0 Å². The first kappa shape index (κ1) is 7.03. The first-order valence-electron chi connectivity index (χ1n) is 2.69. The van der Waals surface area contributed by atoms with E-state index in [0.29, 0.717) is 0 Å². The molecule has 0 aromatic carbocycles. The van der Waals surface area contributed by atoms with Crippen LogP contribution in [0.3, 0.4) is 0 Å². The summed E-state index contributed by atoms with van der Waals surface area (Å²) < 4.78 is 0. The van der Waals surface area contributed by atoms with Crippen LogP contribution in [0.5, 0.6) is 0 Å². The lowest BCUT2D eigenvalue weighted by Crippen LogP contribution is -1.57. The van der Waals surface area contributed by atoms with E-state index in [1.54, 1.807) is 11.3 Å². The zero-order valence-corrected chi connectivity index (χ0v) is 7.28. The van der Waals surface area contributed by atoms with Crippen molar-refractivity contribution in [1.29, 1.82) is 0 Å². The van der Waals surface area contributed by atoms with E-state index in [0.717, 1.165) is 5.33 Å². The van der Waals surface area contributed by atoms with Gasteiger partial charge in [-0.15, -0.1) is 11.3 Å². The Morgan fingerprint density at radius 2 is 2.56 bits per heavy atom. The summed E-state index contributed by atoms with van der Waals surface area (Å²) in [6.45, 7) is 0. The van der Waals surface area contributed by atoms with E-state index in [2.05, 4.69) is 45.6 Å². The SMILES string of the molecule is BrCC=Cc1cccs1. The molecule has 48 valence electrons. The lowest BCUT2D eigenvalue weighted by molar-refractivity contribution is 1.84. The average Bonchev–Trinajstić information content (AvgIpc) is 2.34. The van der Waals surface area contributed by atoms with E-state index >= 15 is 0 Å². The molecule has 0 unspecified atom stereocenters. The first-order chi connectivity index (χ1) is 4.43. The van der Waals surface area contributed by atoms with Crippen LogP contribution in [0.4, 0.5) is 0 Å². The fraction of sp³-hybridized carbons (Fsp3) is 0.143. The Kier molecular flexibility index (Phi) is 3.01. The third-order valence-electron chi connectivity index (χ3n) is 0.914. The largest absolute Gasteiger partial charge is 0.144 e. The summed E-state index contributed by atoms with van der Waals surface area (Å²) in [4.78, 5) is 1.31. The topological polar surface area (TPSA) is 0 Å². The Labute approximate surface area is 67.3 Å². The maximum Gasteiger partial charge on any atom is 0.0267 e. The number of alkyl halides is 1. The second-order valence-corrected chi connectivity index (χ2v) is 3.20. The number of hydrogen-bond donors (Lipinski definition) is 0. The van der Waals surface area contributed by atoms with Crippen molar-refractivity contribution in [2.75, 3.05) is 5.33 Å². The minimum absolute atomic E-state index is 0.935. The van der Waals surface area contributed by atoms with E-state index in [9.17, 15) is 0 Å². The van der Waals surface area contributed by atoms with Gasteiger partial charge in [-0.25, -0.2) is 0 Å². The van der Waals surface area contributed by atoms with Gasteiger partial charge in [-0.2, -0.15) is 0 Å². The van der Waals surface area contributed by atoms with Gasteiger partial charge in [0.25, 0.3) is 0 Å². The van der Waals surface area contributed by atoms with E-state index in [1.807, 2.05) is 0 Å². The fourth-order valence-corrected chi connectivity index (χ4v) is 1.38. The summed E-state index contributed by atoms with van der Waals surface area (Å²) in [5.74, 6) is 0. The highest BCUT2D eigenvalue weighted by molar-refractivity contribution is 9.09. The molecule has 0 atom stereocenters. The molecule has 1 aromatic heterocycles. The van der Waals surface area contributed by atoms with E-state index in [4.69, 9.17) is 0 Å². The van der Waals surface area contributed by atoms with Gasteiger partial charge < -0.3 is 0 Å². The smallest absolute Gasteiger partial charge is 0.0267 e. The molecule has 0 nitrogen and oxygen atoms in total. The molecular weight excluding hydrogens is 196 g/mol. The maximum absolute atomic E-state index is 3.31. The maximum atomic E-state index is 3.31. The van der Waals surface area contributed by atoms with Crippen molar-refractivity contribution in [2.24, 2.45) is 0 Å². The number of allylic oxidation sites excluding steroid dienone is 1. The molecule has 0 saturated carbocycles. The minimum atomic E-state index is 0.935. The molecule has 0 spiro atoms. The quantitative estimate of drug-likeness (QED) is 0.647. The van der Waals surface area contributed by atoms with Gasteiger partial charge in [0.2, 0.25) is 0 Å². The molecule has 2 heteroatoms. The monoisotopic (exact) mass is 202 g/mol. The number of thiophene rings is 1. The van der Waals surface area contributed by atoms with Crippen LogP contribution in [0.25, 0.3) is 6.08 Å². The zero-order valence-electron chi connectivity index (χ0n) is 4.88.